The van der Waals surface area contributed by atoms with Gasteiger partial charge in [0.15, 0.2) is 5.65 Å². The fourth-order valence-corrected chi connectivity index (χ4v) is 3.25. The van der Waals surface area contributed by atoms with Crippen molar-refractivity contribution in [1.29, 1.82) is 0 Å². The van der Waals surface area contributed by atoms with Crippen LogP contribution in [0.1, 0.15) is 41.5 Å². The van der Waals surface area contributed by atoms with Crippen LogP contribution >= 0.6 is 0 Å². The van der Waals surface area contributed by atoms with Crippen LogP contribution < -0.4 is 5.73 Å². The average molecular weight is 365 g/mol. The molecule has 6 nitrogen and oxygen atoms in total. The van der Waals surface area contributed by atoms with Crippen molar-refractivity contribution in [1.82, 2.24) is 19.7 Å². The summed E-state index contributed by atoms with van der Waals surface area (Å²) >= 11 is 0. The minimum Gasteiger partial charge on any atom is -0.337 e. The number of pyridine rings is 1. The lowest BCUT2D eigenvalue weighted by molar-refractivity contribution is 0.0764. The van der Waals surface area contributed by atoms with Crippen molar-refractivity contribution in [3.8, 4) is 0 Å². The zero-order chi connectivity index (χ0) is 19.4. The molecule has 142 valence electrons. The molecule has 1 amide bonds. The Hall–Kier alpha value is -2.73. The predicted octanol–water partition coefficient (Wildman–Crippen LogP) is 2.96. The van der Waals surface area contributed by atoms with E-state index in [0.717, 1.165) is 23.1 Å². The van der Waals surface area contributed by atoms with Crippen LogP contribution in [0.3, 0.4) is 0 Å². The fraction of sp³-hybridized carbons (Fsp3) is 0.381. The number of fused-ring (bicyclic) bond motifs is 1. The first-order valence-corrected chi connectivity index (χ1v) is 9.39. The molecule has 1 aromatic carbocycles. The van der Waals surface area contributed by atoms with Gasteiger partial charge in [0.2, 0.25) is 0 Å². The molecule has 0 spiro atoms. The Morgan fingerprint density at radius 1 is 1.22 bits per heavy atom. The fourth-order valence-electron chi connectivity index (χ4n) is 3.25. The van der Waals surface area contributed by atoms with Crippen molar-refractivity contribution >= 4 is 16.9 Å². The lowest BCUT2D eigenvalue weighted by atomic mass is 10.1. The standard InChI is InChI=1S/C21H27N5O/c1-15(2)26-20-19(14-23-26)18(13-16(3)24-20)21(27)25(12-10-22)11-9-17-7-5-4-6-8-17/h4-8,13-15H,9-12,22H2,1-3H3. The summed E-state index contributed by atoms with van der Waals surface area (Å²) in [6, 6.07) is 12.2. The number of hydrogen-bond acceptors (Lipinski definition) is 4. The molecule has 3 aromatic rings. The van der Waals surface area contributed by atoms with E-state index in [1.165, 1.54) is 5.56 Å². The molecule has 0 atom stereocenters. The molecular weight excluding hydrogens is 338 g/mol. The van der Waals surface area contributed by atoms with Gasteiger partial charge in [-0.1, -0.05) is 30.3 Å². The van der Waals surface area contributed by atoms with E-state index in [-0.39, 0.29) is 11.9 Å². The van der Waals surface area contributed by atoms with Gasteiger partial charge in [0.25, 0.3) is 5.91 Å². The molecule has 3 rings (SSSR count). The van der Waals surface area contributed by atoms with Crippen LogP contribution in [0.15, 0.2) is 42.6 Å². The normalized spacial score (nSPS) is 11.3. The second-order valence-electron chi connectivity index (χ2n) is 7.05. The number of benzene rings is 1. The van der Waals surface area contributed by atoms with Crippen LogP contribution in [0.2, 0.25) is 0 Å². The maximum absolute atomic E-state index is 13.3. The minimum absolute atomic E-state index is 0.0183. The molecule has 2 aromatic heterocycles. The zero-order valence-corrected chi connectivity index (χ0v) is 16.2. The smallest absolute Gasteiger partial charge is 0.254 e. The summed E-state index contributed by atoms with van der Waals surface area (Å²) in [5, 5.41) is 5.23. The molecule has 0 saturated carbocycles. The first-order valence-electron chi connectivity index (χ1n) is 9.39. The first kappa shape index (κ1) is 19.0. The molecule has 0 fully saturated rings. The van der Waals surface area contributed by atoms with Crippen molar-refractivity contribution in [2.75, 3.05) is 19.6 Å². The molecule has 0 radical (unpaired) electrons. The summed E-state index contributed by atoms with van der Waals surface area (Å²) in [5.41, 5.74) is 9.19. The Labute approximate surface area is 160 Å². The third-order valence-corrected chi connectivity index (χ3v) is 4.61. The molecule has 6 heteroatoms. The number of rotatable bonds is 7. The van der Waals surface area contributed by atoms with Gasteiger partial charge in [-0.05, 0) is 38.8 Å². The van der Waals surface area contributed by atoms with E-state index in [2.05, 4.69) is 36.1 Å². The summed E-state index contributed by atoms with van der Waals surface area (Å²) in [4.78, 5) is 19.7. The monoisotopic (exact) mass is 365 g/mol. The summed E-state index contributed by atoms with van der Waals surface area (Å²) in [5.74, 6) is -0.0183. The van der Waals surface area contributed by atoms with Gasteiger partial charge in [0, 0.05) is 31.4 Å². The van der Waals surface area contributed by atoms with Crippen LogP contribution in [-0.4, -0.2) is 45.2 Å². The summed E-state index contributed by atoms with van der Waals surface area (Å²) in [6.45, 7) is 7.59. The Morgan fingerprint density at radius 3 is 2.63 bits per heavy atom. The van der Waals surface area contributed by atoms with E-state index in [4.69, 9.17) is 5.73 Å². The van der Waals surface area contributed by atoms with Gasteiger partial charge in [-0.25, -0.2) is 9.67 Å². The SMILES string of the molecule is Cc1cc(C(=O)N(CCN)CCc2ccccc2)c2cnn(C(C)C)c2n1. The lowest BCUT2D eigenvalue weighted by Crippen LogP contribution is -2.37. The van der Waals surface area contributed by atoms with E-state index in [1.54, 1.807) is 6.20 Å². The highest BCUT2D eigenvalue weighted by Crippen LogP contribution is 2.22. The predicted molar refractivity (Wildman–Crippen MR) is 108 cm³/mol. The molecule has 0 bridgehead atoms. The molecule has 0 unspecified atom stereocenters. The van der Waals surface area contributed by atoms with E-state index in [0.29, 0.717) is 25.2 Å². The van der Waals surface area contributed by atoms with Crippen LogP contribution in [0, 0.1) is 6.92 Å². The number of carbonyl (C=O) groups is 1. The average Bonchev–Trinajstić information content (AvgIpc) is 3.08. The molecule has 2 heterocycles. The van der Waals surface area contributed by atoms with E-state index in [9.17, 15) is 4.79 Å². The van der Waals surface area contributed by atoms with E-state index in [1.807, 2.05) is 40.8 Å². The topological polar surface area (TPSA) is 77.0 Å². The van der Waals surface area contributed by atoms with Gasteiger partial charge >= 0.3 is 0 Å². The molecule has 27 heavy (non-hydrogen) atoms. The second-order valence-corrected chi connectivity index (χ2v) is 7.05. The van der Waals surface area contributed by atoms with Gasteiger partial charge in [0.1, 0.15) is 0 Å². The Balaban J connectivity index is 1.91. The second kappa shape index (κ2) is 8.31. The quantitative estimate of drug-likeness (QED) is 0.698. The first-order chi connectivity index (χ1) is 13.0. The number of nitrogens with zero attached hydrogens (tertiary/aromatic N) is 4. The molecule has 0 aliphatic rings. The van der Waals surface area contributed by atoms with Gasteiger partial charge in [-0.3, -0.25) is 4.79 Å². The van der Waals surface area contributed by atoms with Gasteiger partial charge < -0.3 is 10.6 Å². The van der Waals surface area contributed by atoms with E-state index < -0.39 is 0 Å². The Morgan fingerprint density at radius 2 is 1.96 bits per heavy atom. The number of aryl methyl sites for hydroxylation is 1. The Kier molecular flexibility index (Phi) is 5.86. The van der Waals surface area contributed by atoms with Crippen LogP contribution in [-0.2, 0) is 6.42 Å². The van der Waals surface area contributed by atoms with Crippen molar-refractivity contribution in [2.45, 2.75) is 33.2 Å². The highest BCUT2D eigenvalue weighted by Gasteiger charge is 2.21. The largest absolute Gasteiger partial charge is 0.337 e. The maximum Gasteiger partial charge on any atom is 0.254 e. The van der Waals surface area contributed by atoms with Crippen LogP contribution in [0.25, 0.3) is 11.0 Å². The molecule has 0 aliphatic carbocycles. The number of hydrogen-bond donors (Lipinski definition) is 1. The highest BCUT2D eigenvalue weighted by molar-refractivity contribution is 6.05. The van der Waals surface area contributed by atoms with Gasteiger partial charge in [-0.2, -0.15) is 5.10 Å². The van der Waals surface area contributed by atoms with E-state index >= 15 is 0 Å². The van der Waals surface area contributed by atoms with Crippen LogP contribution in [0.4, 0.5) is 0 Å². The zero-order valence-electron chi connectivity index (χ0n) is 16.2. The van der Waals surface area contributed by atoms with Crippen LogP contribution in [0.5, 0.6) is 0 Å². The van der Waals surface area contributed by atoms with Gasteiger partial charge in [0.05, 0.1) is 17.1 Å². The third-order valence-electron chi connectivity index (χ3n) is 4.61. The number of nitrogens with two attached hydrogens (primary N) is 1. The molecule has 2 N–H and O–H groups in total. The Bertz CT molecular complexity index is 917. The molecule has 0 saturated heterocycles. The molecule has 0 aliphatic heterocycles. The number of carbonyl (C=O) groups excluding carboxylic acids is 1. The van der Waals surface area contributed by atoms with Crippen molar-refractivity contribution in [3.05, 3.63) is 59.4 Å². The van der Waals surface area contributed by atoms with Crippen molar-refractivity contribution in [2.24, 2.45) is 5.73 Å². The number of aromatic nitrogens is 3. The third kappa shape index (κ3) is 4.17. The minimum atomic E-state index is -0.0183. The maximum atomic E-state index is 13.3. The molecular formula is C21H27N5O. The van der Waals surface area contributed by atoms with Crippen molar-refractivity contribution < 1.29 is 4.79 Å². The number of amides is 1. The van der Waals surface area contributed by atoms with Gasteiger partial charge in [-0.15, -0.1) is 0 Å². The summed E-state index contributed by atoms with van der Waals surface area (Å²) in [6.07, 6.45) is 2.54. The highest BCUT2D eigenvalue weighted by atomic mass is 16.2. The lowest BCUT2D eigenvalue weighted by Gasteiger charge is -2.23. The summed E-state index contributed by atoms with van der Waals surface area (Å²) in [7, 11) is 0. The van der Waals surface area contributed by atoms with Crippen molar-refractivity contribution in [3.63, 3.8) is 0 Å². The summed E-state index contributed by atoms with van der Waals surface area (Å²) < 4.78 is 1.86.